The third kappa shape index (κ3) is 4.35. The summed E-state index contributed by atoms with van der Waals surface area (Å²) in [6.45, 7) is 2.94. The van der Waals surface area contributed by atoms with E-state index in [1.807, 2.05) is 0 Å². The van der Waals surface area contributed by atoms with E-state index in [1.165, 1.54) is 44.8 Å². The predicted octanol–water partition coefficient (Wildman–Crippen LogP) is 3.21. The molecule has 0 saturated carbocycles. The van der Waals surface area contributed by atoms with Crippen LogP contribution in [-0.2, 0) is 9.53 Å². The highest BCUT2D eigenvalue weighted by Crippen LogP contribution is 2.31. The molecular weight excluding hydrogens is 290 g/mol. The van der Waals surface area contributed by atoms with Crippen LogP contribution in [0.5, 0.6) is 5.75 Å². The summed E-state index contributed by atoms with van der Waals surface area (Å²) in [7, 11) is 0. The Morgan fingerprint density at radius 2 is 1.96 bits per heavy atom. The first-order valence-electron chi connectivity index (χ1n) is 8.60. The number of phenols is 1. The summed E-state index contributed by atoms with van der Waals surface area (Å²) in [5.41, 5.74) is 0.871. The van der Waals surface area contributed by atoms with Crippen LogP contribution in [-0.4, -0.2) is 41.7 Å². The zero-order chi connectivity index (χ0) is 16.1. The van der Waals surface area contributed by atoms with Gasteiger partial charge in [-0.2, -0.15) is 0 Å². The summed E-state index contributed by atoms with van der Waals surface area (Å²) in [4.78, 5) is 14.5. The Labute approximate surface area is 137 Å². The number of esters is 1. The lowest BCUT2D eigenvalue weighted by atomic mass is 9.84. The topological polar surface area (TPSA) is 49.8 Å². The number of nitrogens with zero attached hydrogens (tertiary/aromatic N) is 1. The van der Waals surface area contributed by atoms with Gasteiger partial charge in [0.1, 0.15) is 5.75 Å². The Bertz CT molecular complexity index is 550. The summed E-state index contributed by atoms with van der Waals surface area (Å²) in [5, 5.41) is 9.24. The van der Waals surface area contributed by atoms with Gasteiger partial charge in [-0.25, -0.2) is 4.79 Å². The molecule has 124 valence electrons. The fourth-order valence-corrected chi connectivity index (χ4v) is 3.76. The van der Waals surface area contributed by atoms with E-state index in [-0.39, 0.29) is 11.7 Å². The Morgan fingerprint density at radius 3 is 2.78 bits per heavy atom. The Morgan fingerprint density at radius 1 is 1.17 bits per heavy atom. The van der Waals surface area contributed by atoms with Gasteiger partial charge >= 0.3 is 5.97 Å². The van der Waals surface area contributed by atoms with Crippen molar-refractivity contribution >= 4 is 12.0 Å². The van der Waals surface area contributed by atoms with Gasteiger partial charge in [-0.3, -0.25) is 4.90 Å². The third-order valence-corrected chi connectivity index (χ3v) is 4.97. The minimum absolute atomic E-state index is 0.221. The monoisotopic (exact) mass is 315 g/mol. The third-order valence-electron chi connectivity index (χ3n) is 4.97. The number of benzene rings is 1. The van der Waals surface area contributed by atoms with Gasteiger partial charge in [-0.15, -0.1) is 0 Å². The maximum atomic E-state index is 11.9. The lowest BCUT2D eigenvalue weighted by molar-refractivity contribution is -0.140. The summed E-state index contributed by atoms with van der Waals surface area (Å²) in [5.74, 6) is 0.417. The van der Waals surface area contributed by atoms with Crippen molar-refractivity contribution in [1.29, 1.82) is 0 Å². The molecule has 0 aliphatic carbocycles. The molecule has 2 aliphatic heterocycles. The molecule has 1 aromatic carbocycles. The summed E-state index contributed by atoms with van der Waals surface area (Å²) < 4.78 is 5.47. The van der Waals surface area contributed by atoms with Crippen LogP contribution >= 0.6 is 0 Å². The number of piperidine rings is 2. The highest BCUT2D eigenvalue weighted by molar-refractivity contribution is 5.87. The molecular formula is C19H25NO3. The second-order valence-corrected chi connectivity index (χ2v) is 6.56. The number of carbonyl (C=O) groups is 1. The Balaban J connectivity index is 1.49. The first-order chi connectivity index (χ1) is 11.2. The van der Waals surface area contributed by atoms with Crippen LogP contribution in [0.15, 0.2) is 30.3 Å². The maximum absolute atomic E-state index is 11.9. The molecule has 2 aliphatic rings. The van der Waals surface area contributed by atoms with Gasteiger partial charge in [0.15, 0.2) is 0 Å². The highest BCUT2D eigenvalue weighted by Gasteiger charge is 2.33. The zero-order valence-corrected chi connectivity index (χ0v) is 13.5. The van der Waals surface area contributed by atoms with E-state index < -0.39 is 0 Å². The van der Waals surface area contributed by atoms with Crippen LogP contribution in [0.2, 0.25) is 0 Å². The Kier molecular flexibility index (Phi) is 5.34. The highest BCUT2D eigenvalue weighted by atomic mass is 16.5. The summed E-state index contributed by atoms with van der Waals surface area (Å²) >= 11 is 0. The minimum Gasteiger partial charge on any atom is -0.508 e. The number of fused-ring (bicyclic) bond motifs is 1. The molecule has 0 spiro atoms. The fourth-order valence-electron chi connectivity index (χ4n) is 3.76. The van der Waals surface area contributed by atoms with Crippen LogP contribution in [0.4, 0.5) is 0 Å². The van der Waals surface area contributed by atoms with E-state index >= 15 is 0 Å². The van der Waals surface area contributed by atoms with Crippen LogP contribution in [0.1, 0.15) is 37.7 Å². The van der Waals surface area contributed by atoms with Crippen LogP contribution in [0, 0.1) is 5.92 Å². The number of rotatable bonds is 4. The zero-order valence-electron chi connectivity index (χ0n) is 13.5. The molecule has 2 fully saturated rings. The summed E-state index contributed by atoms with van der Waals surface area (Å²) in [6, 6.07) is 7.33. The number of hydrogen-bond acceptors (Lipinski definition) is 4. The second-order valence-electron chi connectivity index (χ2n) is 6.56. The van der Waals surface area contributed by atoms with Crippen LogP contribution in [0.25, 0.3) is 6.08 Å². The number of phenolic OH excluding ortho intramolecular Hbond substituents is 1. The molecule has 0 radical (unpaired) electrons. The van der Waals surface area contributed by atoms with Crippen molar-refractivity contribution in [3.8, 4) is 5.75 Å². The molecule has 0 aromatic heterocycles. The smallest absolute Gasteiger partial charge is 0.330 e. The van der Waals surface area contributed by atoms with E-state index in [1.54, 1.807) is 30.3 Å². The first-order valence-corrected chi connectivity index (χ1v) is 8.60. The normalized spacial score (nSPS) is 25.2. The molecule has 2 saturated heterocycles. The molecule has 0 bridgehead atoms. The number of aromatic hydroxyl groups is 1. The van der Waals surface area contributed by atoms with Gasteiger partial charge in [0.2, 0.25) is 0 Å². The van der Waals surface area contributed by atoms with E-state index in [0.29, 0.717) is 18.6 Å². The predicted molar refractivity (Wildman–Crippen MR) is 90.0 cm³/mol. The molecule has 23 heavy (non-hydrogen) atoms. The van der Waals surface area contributed by atoms with Crippen molar-refractivity contribution in [1.82, 2.24) is 4.90 Å². The van der Waals surface area contributed by atoms with Gasteiger partial charge in [-0.1, -0.05) is 18.6 Å². The number of hydrogen-bond donors (Lipinski definition) is 1. The van der Waals surface area contributed by atoms with Crippen molar-refractivity contribution in [2.75, 3.05) is 19.7 Å². The van der Waals surface area contributed by atoms with Crippen molar-refractivity contribution in [2.24, 2.45) is 5.92 Å². The number of carbonyl (C=O) groups excluding carboxylic acids is 1. The molecule has 2 heterocycles. The first kappa shape index (κ1) is 16.1. The lowest BCUT2D eigenvalue weighted by Crippen LogP contribution is -2.49. The van der Waals surface area contributed by atoms with Gasteiger partial charge in [0.05, 0.1) is 6.61 Å². The molecule has 3 rings (SSSR count). The van der Waals surface area contributed by atoms with Crippen LogP contribution in [0.3, 0.4) is 0 Å². The SMILES string of the molecule is O=C(C=Cc1ccc(O)cc1)OC[C@@H]1CCCN2CCCC[C@H]12. The fraction of sp³-hybridized carbons (Fsp3) is 0.526. The molecule has 1 aromatic rings. The van der Waals surface area contributed by atoms with Gasteiger partial charge in [-0.05, 0) is 62.5 Å². The molecule has 4 heteroatoms. The lowest BCUT2D eigenvalue weighted by Gasteiger charge is -2.44. The largest absolute Gasteiger partial charge is 0.508 e. The van der Waals surface area contributed by atoms with Crippen molar-refractivity contribution in [3.63, 3.8) is 0 Å². The van der Waals surface area contributed by atoms with Gasteiger partial charge in [0, 0.05) is 18.0 Å². The van der Waals surface area contributed by atoms with E-state index in [2.05, 4.69) is 4.90 Å². The van der Waals surface area contributed by atoms with Crippen molar-refractivity contribution in [2.45, 2.75) is 38.1 Å². The molecule has 0 unspecified atom stereocenters. The summed E-state index contributed by atoms with van der Waals surface area (Å²) in [6.07, 6.45) is 9.40. The van der Waals surface area contributed by atoms with E-state index in [4.69, 9.17) is 4.74 Å². The van der Waals surface area contributed by atoms with Gasteiger partial charge in [0.25, 0.3) is 0 Å². The average molecular weight is 315 g/mol. The molecule has 0 amide bonds. The molecule has 1 N–H and O–H groups in total. The standard InChI is InChI=1S/C19H25NO3/c21-17-9-6-15(7-10-17)8-11-19(22)23-14-16-4-3-13-20-12-2-1-5-18(16)20/h6-11,16,18,21H,1-5,12-14H2/t16-,18+/m0/s1. The Hall–Kier alpha value is -1.81. The van der Waals surface area contributed by atoms with E-state index in [0.717, 1.165) is 12.0 Å². The van der Waals surface area contributed by atoms with E-state index in [9.17, 15) is 9.90 Å². The van der Waals surface area contributed by atoms with Crippen molar-refractivity contribution < 1.29 is 14.6 Å². The average Bonchev–Trinajstić information content (AvgIpc) is 2.59. The van der Waals surface area contributed by atoms with Crippen LogP contribution < -0.4 is 0 Å². The van der Waals surface area contributed by atoms with Gasteiger partial charge < -0.3 is 9.84 Å². The quantitative estimate of drug-likeness (QED) is 0.685. The minimum atomic E-state index is -0.286. The maximum Gasteiger partial charge on any atom is 0.330 e. The second kappa shape index (κ2) is 7.64. The molecule has 4 nitrogen and oxygen atoms in total. The molecule has 2 atom stereocenters. The number of ether oxygens (including phenoxy) is 1. The van der Waals surface area contributed by atoms with Crippen molar-refractivity contribution in [3.05, 3.63) is 35.9 Å².